The summed E-state index contributed by atoms with van der Waals surface area (Å²) in [6.45, 7) is -0.770. The van der Waals surface area contributed by atoms with Crippen LogP contribution in [0.4, 0.5) is 17.1 Å². The molecule has 2 aromatic carbocycles. The van der Waals surface area contributed by atoms with E-state index < -0.39 is 54.5 Å². The van der Waals surface area contributed by atoms with E-state index in [1.807, 2.05) is 0 Å². The van der Waals surface area contributed by atoms with Crippen molar-refractivity contribution < 1.29 is 29.1 Å². The number of nitro benzene ring substituents is 3. The molecular weight excluding hydrogens is 446 g/mol. The van der Waals surface area contributed by atoms with E-state index in [9.17, 15) is 39.9 Å². The van der Waals surface area contributed by atoms with Crippen molar-refractivity contribution in [3.8, 4) is 0 Å². The maximum Gasteiger partial charge on any atom is 0.339 e. The molecular formula is C15H8BrN3O9. The van der Waals surface area contributed by atoms with Gasteiger partial charge in [-0.25, -0.2) is 4.79 Å². The van der Waals surface area contributed by atoms with Crippen LogP contribution in [0.5, 0.6) is 0 Å². The first-order chi connectivity index (χ1) is 13.1. The van der Waals surface area contributed by atoms with Gasteiger partial charge in [0, 0.05) is 29.8 Å². The van der Waals surface area contributed by atoms with Crippen LogP contribution in [0.1, 0.15) is 20.7 Å². The standard InChI is InChI=1S/C15H8BrN3O9/c16-14-11(18(24)25)5-9(6-12(14)19(26)27)15(21)28-7-13(20)8-1-3-10(4-2-8)17(22)23/h1-6H,7H2. The molecule has 0 aliphatic carbocycles. The van der Waals surface area contributed by atoms with Crippen molar-refractivity contribution in [1.82, 2.24) is 0 Å². The van der Waals surface area contributed by atoms with Gasteiger partial charge in [0.05, 0.1) is 20.3 Å². The molecule has 0 N–H and O–H groups in total. The highest BCUT2D eigenvalue weighted by Gasteiger charge is 2.27. The molecule has 0 saturated heterocycles. The van der Waals surface area contributed by atoms with E-state index in [0.717, 1.165) is 24.3 Å². The predicted octanol–water partition coefficient (Wildman–Crippen LogP) is 3.21. The van der Waals surface area contributed by atoms with Gasteiger partial charge in [-0.05, 0) is 28.1 Å². The van der Waals surface area contributed by atoms with Gasteiger partial charge in [0.25, 0.3) is 17.1 Å². The van der Waals surface area contributed by atoms with E-state index in [0.29, 0.717) is 0 Å². The summed E-state index contributed by atoms with van der Waals surface area (Å²) in [6.07, 6.45) is 0. The molecule has 144 valence electrons. The zero-order valence-electron chi connectivity index (χ0n) is 13.6. The van der Waals surface area contributed by atoms with Gasteiger partial charge in [0.15, 0.2) is 16.9 Å². The number of nitro groups is 3. The normalized spacial score (nSPS) is 10.2. The number of nitrogens with zero attached hydrogens (tertiary/aromatic N) is 3. The molecule has 0 spiro atoms. The summed E-state index contributed by atoms with van der Waals surface area (Å²) in [7, 11) is 0. The van der Waals surface area contributed by atoms with Gasteiger partial charge in [-0.3, -0.25) is 35.1 Å². The third kappa shape index (κ3) is 4.50. The van der Waals surface area contributed by atoms with Gasteiger partial charge >= 0.3 is 5.97 Å². The van der Waals surface area contributed by atoms with Gasteiger partial charge in [-0.15, -0.1) is 0 Å². The second-order valence-corrected chi connectivity index (χ2v) is 5.94. The highest BCUT2D eigenvalue weighted by atomic mass is 79.9. The molecule has 12 nitrogen and oxygen atoms in total. The highest BCUT2D eigenvalue weighted by molar-refractivity contribution is 9.10. The minimum atomic E-state index is -1.19. The number of ketones is 1. The van der Waals surface area contributed by atoms with E-state index in [-0.39, 0.29) is 11.3 Å². The number of Topliss-reactive ketones (excluding diaryl/α,β-unsaturated/α-hetero) is 1. The number of ether oxygens (including phenoxy) is 1. The fourth-order valence-corrected chi connectivity index (χ4v) is 2.56. The Kier molecular flexibility index (Phi) is 6.10. The topological polar surface area (TPSA) is 173 Å². The fourth-order valence-electron chi connectivity index (χ4n) is 2.04. The lowest BCUT2D eigenvalue weighted by atomic mass is 10.1. The van der Waals surface area contributed by atoms with Crippen LogP contribution in [-0.4, -0.2) is 33.1 Å². The van der Waals surface area contributed by atoms with Gasteiger partial charge < -0.3 is 4.74 Å². The Balaban J connectivity index is 2.18. The first-order valence-electron chi connectivity index (χ1n) is 7.19. The van der Waals surface area contributed by atoms with E-state index in [4.69, 9.17) is 4.74 Å². The number of carbonyl (C=O) groups excluding carboxylic acids is 2. The summed E-state index contributed by atoms with van der Waals surface area (Å²) in [5.74, 6) is -1.88. The Morgan fingerprint density at radius 3 is 1.79 bits per heavy atom. The number of hydrogen-bond donors (Lipinski definition) is 0. The summed E-state index contributed by atoms with van der Waals surface area (Å²) in [6, 6.07) is 6.08. The molecule has 2 aromatic rings. The number of rotatable bonds is 7. The number of non-ortho nitro benzene ring substituents is 1. The van der Waals surface area contributed by atoms with E-state index in [1.165, 1.54) is 12.1 Å². The molecule has 0 amide bonds. The Morgan fingerprint density at radius 1 is 0.857 bits per heavy atom. The molecule has 2 rings (SSSR count). The zero-order valence-corrected chi connectivity index (χ0v) is 15.2. The van der Waals surface area contributed by atoms with Crippen molar-refractivity contribution in [2.45, 2.75) is 0 Å². The lowest BCUT2D eigenvalue weighted by Gasteiger charge is -2.06. The number of hydrogen-bond acceptors (Lipinski definition) is 9. The average Bonchev–Trinajstić information content (AvgIpc) is 2.65. The second-order valence-electron chi connectivity index (χ2n) is 5.15. The summed E-state index contributed by atoms with van der Waals surface area (Å²) in [4.78, 5) is 54.1. The predicted molar refractivity (Wildman–Crippen MR) is 95.2 cm³/mol. The van der Waals surface area contributed by atoms with Crippen molar-refractivity contribution in [3.63, 3.8) is 0 Å². The smallest absolute Gasteiger partial charge is 0.339 e. The molecule has 0 bridgehead atoms. The molecule has 0 aliphatic heterocycles. The third-order valence-corrected chi connectivity index (χ3v) is 4.21. The molecule has 0 aromatic heterocycles. The molecule has 28 heavy (non-hydrogen) atoms. The van der Waals surface area contributed by atoms with Crippen LogP contribution in [-0.2, 0) is 4.74 Å². The van der Waals surface area contributed by atoms with Crippen LogP contribution >= 0.6 is 15.9 Å². The Bertz CT molecular complexity index is 969. The quantitative estimate of drug-likeness (QED) is 0.263. The van der Waals surface area contributed by atoms with Crippen molar-refractivity contribution in [2.24, 2.45) is 0 Å². The molecule has 0 aliphatic rings. The first-order valence-corrected chi connectivity index (χ1v) is 7.98. The summed E-state index contributed by atoms with van der Waals surface area (Å²) in [5, 5.41) is 32.6. The number of esters is 1. The van der Waals surface area contributed by atoms with Crippen LogP contribution in [0.3, 0.4) is 0 Å². The highest BCUT2D eigenvalue weighted by Crippen LogP contribution is 2.35. The Hall–Kier alpha value is -3.74. The number of benzene rings is 2. The van der Waals surface area contributed by atoms with Crippen LogP contribution in [0, 0.1) is 30.3 Å². The third-order valence-electron chi connectivity index (χ3n) is 3.40. The van der Waals surface area contributed by atoms with Crippen molar-refractivity contribution in [3.05, 3.63) is 82.3 Å². The van der Waals surface area contributed by atoms with Crippen molar-refractivity contribution >= 4 is 44.7 Å². The SMILES string of the molecule is O=C(COC(=O)c1cc([N+](=O)[O-])c(Br)c([N+](=O)[O-])c1)c1ccc([N+](=O)[O-])cc1. The second kappa shape index (κ2) is 8.30. The minimum Gasteiger partial charge on any atom is -0.454 e. The summed E-state index contributed by atoms with van der Waals surface area (Å²) >= 11 is 2.74. The maximum absolute atomic E-state index is 12.1. The maximum atomic E-state index is 12.1. The molecule has 0 saturated carbocycles. The van der Waals surface area contributed by atoms with Gasteiger partial charge in [0.2, 0.25) is 0 Å². The van der Waals surface area contributed by atoms with Gasteiger partial charge in [-0.2, -0.15) is 0 Å². The summed E-state index contributed by atoms with van der Waals surface area (Å²) in [5.41, 5.74) is -2.13. The lowest BCUT2D eigenvalue weighted by molar-refractivity contribution is -0.395. The average molecular weight is 454 g/mol. The molecule has 13 heteroatoms. The fraction of sp³-hybridized carbons (Fsp3) is 0.0667. The van der Waals surface area contributed by atoms with E-state index in [1.54, 1.807) is 0 Å². The van der Waals surface area contributed by atoms with Gasteiger partial charge in [-0.1, -0.05) is 0 Å². The van der Waals surface area contributed by atoms with Gasteiger partial charge in [0.1, 0.15) is 0 Å². The van der Waals surface area contributed by atoms with E-state index in [2.05, 4.69) is 15.9 Å². The van der Waals surface area contributed by atoms with Crippen LogP contribution in [0.2, 0.25) is 0 Å². The number of halogens is 1. The molecule has 0 unspecified atom stereocenters. The lowest BCUT2D eigenvalue weighted by Crippen LogP contribution is -2.15. The van der Waals surface area contributed by atoms with Crippen molar-refractivity contribution in [1.29, 1.82) is 0 Å². The minimum absolute atomic E-state index is 0.0335. The summed E-state index contributed by atoms with van der Waals surface area (Å²) < 4.78 is 4.33. The van der Waals surface area contributed by atoms with Crippen LogP contribution in [0.25, 0.3) is 0 Å². The molecule has 0 radical (unpaired) electrons. The van der Waals surface area contributed by atoms with Crippen LogP contribution < -0.4 is 0 Å². The Morgan fingerprint density at radius 2 is 1.36 bits per heavy atom. The zero-order chi connectivity index (χ0) is 21.0. The molecule has 0 atom stereocenters. The number of carbonyl (C=O) groups is 2. The largest absolute Gasteiger partial charge is 0.454 e. The Labute approximate surface area is 163 Å². The molecule has 0 heterocycles. The first kappa shape index (κ1) is 20.6. The van der Waals surface area contributed by atoms with Crippen LogP contribution in [0.15, 0.2) is 40.9 Å². The monoisotopic (exact) mass is 453 g/mol. The molecule has 0 fully saturated rings. The van der Waals surface area contributed by atoms with Crippen molar-refractivity contribution in [2.75, 3.05) is 6.61 Å². The van der Waals surface area contributed by atoms with E-state index >= 15 is 0 Å².